The summed E-state index contributed by atoms with van der Waals surface area (Å²) in [6.07, 6.45) is -3.46. The van der Waals surface area contributed by atoms with E-state index in [2.05, 4.69) is 45.0 Å². The van der Waals surface area contributed by atoms with Crippen molar-refractivity contribution >= 4 is 25.0 Å². The van der Waals surface area contributed by atoms with Crippen LogP contribution in [0.15, 0.2) is 152 Å². The number of carbonyl (C=O) groups excluding carboxylic acids is 1. The highest BCUT2D eigenvalue weighted by Gasteiger charge is 2.58. The van der Waals surface area contributed by atoms with E-state index in [4.69, 9.17) is 23.4 Å². The van der Waals surface area contributed by atoms with Crippen LogP contribution < -0.4 is 10.4 Å². The smallest absolute Gasteiger partial charge is 0.261 e. The van der Waals surface area contributed by atoms with Gasteiger partial charge in [0.1, 0.15) is 24.4 Å². The first-order chi connectivity index (χ1) is 25.2. The van der Waals surface area contributed by atoms with Gasteiger partial charge >= 0.3 is 0 Å². The minimum absolute atomic E-state index is 0.0134. The van der Waals surface area contributed by atoms with Gasteiger partial charge in [0.2, 0.25) is 0 Å². The molecule has 8 heteroatoms. The van der Waals surface area contributed by atoms with Crippen LogP contribution in [0.4, 0.5) is 0 Å². The number of aliphatic hydroxyl groups is 1. The summed E-state index contributed by atoms with van der Waals surface area (Å²) in [5.74, 6) is -2.36. The van der Waals surface area contributed by atoms with Gasteiger partial charge in [-0.3, -0.25) is 4.79 Å². The molecule has 270 valence electrons. The molecule has 5 aromatic carbocycles. The molecule has 1 aliphatic heterocycles. The lowest BCUT2D eigenvalue weighted by Gasteiger charge is -2.49. The molecule has 1 saturated heterocycles. The van der Waals surface area contributed by atoms with Crippen molar-refractivity contribution in [2.24, 2.45) is 0 Å². The topological polar surface area (TPSA) is 83.5 Å². The van der Waals surface area contributed by atoms with Crippen molar-refractivity contribution in [1.29, 1.82) is 0 Å². The Bertz CT molecular complexity index is 1760. The number of aldehydes is 1. The molecule has 0 aliphatic carbocycles. The van der Waals surface area contributed by atoms with Crippen LogP contribution in [0.25, 0.3) is 0 Å². The lowest BCUT2D eigenvalue weighted by Crippen LogP contribution is -2.70. The van der Waals surface area contributed by atoms with Crippen LogP contribution in [0.1, 0.15) is 37.5 Å². The summed E-state index contributed by atoms with van der Waals surface area (Å²) in [5.41, 5.74) is 2.75. The van der Waals surface area contributed by atoms with Crippen LogP contribution in [0.3, 0.4) is 0 Å². The zero-order chi connectivity index (χ0) is 36.4. The van der Waals surface area contributed by atoms with Gasteiger partial charge in [-0.1, -0.05) is 172 Å². The lowest BCUT2D eigenvalue weighted by atomic mass is 9.92. The van der Waals surface area contributed by atoms with Gasteiger partial charge < -0.3 is 28.5 Å². The maximum absolute atomic E-state index is 13.0. The minimum Gasteiger partial charge on any atom is -0.405 e. The van der Waals surface area contributed by atoms with Crippen LogP contribution in [-0.4, -0.2) is 56.5 Å². The van der Waals surface area contributed by atoms with E-state index in [1.807, 2.05) is 127 Å². The maximum atomic E-state index is 13.0. The fourth-order valence-electron chi connectivity index (χ4n) is 7.08. The van der Waals surface area contributed by atoms with Crippen molar-refractivity contribution < 1.29 is 33.3 Å². The summed E-state index contributed by atoms with van der Waals surface area (Å²) in [6, 6.07) is 49.8. The third kappa shape index (κ3) is 8.51. The Morgan fingerprint density at radius 1 is 0.615 bits per heavy atom. The number of rotatable bonds is 15. The molecular formula is C44H48O7Si. The molecule has 5 aromatic rings. The molecular weight excluding hydrogens is 669 g/mol. The second-order valence-electron chi connectivity index (χ2n) is 14.2. The molecule has 1 fully saturated rings. The normalized spacial score (nSPS) is 22.2. The number of ether oxygens (including phenoxy) is 4. The first-order valence-corrected chi connectivity index (χ1v) is 19.7. The standard InChI is InChI=1S/C44H48O7Si/c1-43(2,3)52(37-25-15-7-16-26-37,38-27-17-8-18-28-38)50-32-39-40(47-29-34-19-9-4-10-20-34)41(48-30-35-21-11-5-12-22-35)42(44(46,33-45)51-39)49-31-36-23-13-6-14-24-36/h4-28,33,39-42,46H,29-32H2,1-3H3/t39-,40-,41+,42-,44?/m1/s1. The number of hydrogen-bond acceptors (Lipinski definition) is 7. The average Bonchev–Trinajstić information content (AvgIpc) is 3.18. The lowest BCUT2D eigenvalue weighted by molar-refractivity contribution is -0.347. The van der Waals surface area contributed by atoms with E-state index in [9.17, 15) is 9.90 Å². The molecule has 1 aliphatic rings. The van der Waals surface area contributed by atoms with Crippen molar-refractivity contribution in [3.8, 4) is 0 Å². The molecule has 0 radical (unpaired) electrons. The zero-order valence-electron chi connectivity index (χ0n) is 30.0. The minimum atomic E-state index is -3.05. The van der Waals surface area contributed by atoms with Gasteiger partial charge in [0, 0.05) is 0 Å². The predicted octanol–water partition coefficient (Wildman–Crippen LogP) is 6.61. The van der Waals surface area contributed by atoms with Crippen LogP contribution >= 0.6 is 0 Å². The number of benzene rings is 5. The third-order valence-corrected chi connectivity index (χ3v) is 14.6. The highest BCUT2D eigenvalue weighted by molar-refractivity contribution is 6.99. The van der Waals surface area contributed by atoms with E-state index in [1.54, 1.807) is 0 Å². The summed E-state index contributed by atoms with van der Waals surface area (Å²) in [5, 5.41) is 14.0. The van der Waals surface area contributed by atoms with Gasteiger partial charge in [0.05, 0.1) is 26.4 Å². The summed E-state index contributed by atoms with van der Waals surface area (Å²) in [7, 11) is -3.05. The van der Waals surface area contributed by atoms with Crippen molar-refractivity contribution in [1.82, 2.24) is 0 Å². The molecule has 1 unspecified atom stereocenters. The molecule has 0 bridgehead atoms. The first kappa shape index (κ1) is 37.5. The Labute approximate surface area is 308 Å². The summed E-state index contributed by atoms with van der Waals surface area (Å²) in [6.45, 7) is 7.16. The van der Waals surface area contributed by atoms with E-state index in [1.165, 1.54) is 0 Å². The first-order valence-electron chi connectivity index (χ1n) is 17.8. The molecule has 0 aromatic heterocycles. The number of carbonyl (C=O) groups is 1. The Balaban J connectivity index is 1.41. The molecule has 0 saturated carbocycles. The van der Waals surface area contributed by atoms with Crippen LogP contribution in [0, 0.1) is 0 Å². The fourth-order valence-corrected chi connectivity index (χ4v) is 11.7. The molecule has 7 nitrogen and oxygen atoms in total. The second kappa shape index (κ2) is 17.1. The van der Waals surface area contributed by atoms with E-state index >= 15 is 0 Å². The third-order valence-electron chi connectivity index (χ3n) is 9.63. The zero-order valence-corrected chi connectivity index (χ0v) is 31.0. The van der Waals surface area contributed by atoms with Gasteiger partial charge in [0.25, 0.3) is 14.1 Å². The van der Waals surface area contributed by atoms with Crippen molar-refractivity contribution in [2.45, 2.75) is 75.8 Å². The highest BCUT2D eigenvalue weighted by atomic mass is 28.4. The molecule has 6 rings (SSSR count). The second-order valence-corrected chi connectivity index (χ2v) is 18.5. The maximum Gasteiger partial charge on any atom is 0.261 e. The molecule has 0 amide bonds. The van der Waals surface area contributed by atoms with Gasteiger partial charge in [-0.25, -0.2) is 0 Å². The van der Waals surface area contributed by atoms with Crippen LogP contribution in [0.2, 0.25) is 5.04 Å². The van der Waals surface area contributed by atoms with E-state index in [0.29, 0.717) is 6.29 Å². The van der Waals surface area contributed by atoms with Crippen LogP contribution in [-0.2, 0) is 48.0 Å². The van der Waals surface area contributed by atoms with Gasteiger partial charge in [-0.2, -0.15) is 0 Å². The van der Waals surface area contributed by atoms with Gasteiger partial charge in [-0.15, -0.1) is 0 Å². The van der Waals surface area contributed by atoms with Crippen LogP contribution in [0.5, 0.6) is 0 Å². The average molecular weight is 717 g/mol. The Kier molecular flexibility index (Phi) is 12.3. The van der Waals surface area contributed by atoms with Crippen molar-refractivity contribution in [3.05, 3.63) is 168 Å². The summed E-state index contributed by atoms with van der Waals surface area (Å²) < 4.78 is 33.6. The highest BCUT2D eigenvalue weighted by Crippen LogP contribution is 2.39. The molecule has 52 heavy (non-hydrogen) atoms. The largest absolute Gasteiger partial charge is 0.405 e. The SMILES string of the molecule is CC(C)(C)[Si](OC[C@H]1OC(O)(C=O)[C@H](OCc2ccccc2)[C@@H](OCc2ccccc2)[C@@H]1OCc1ccccc1)(c1ccccc1)c1ccccc1. The van der Waals surface area contributed by atoms with Gasteiger partial charge in [0.15, 0.2) is 6.29 Å². The van der Waals surface area contributed by atoms with Crippen molar-refractivity contribution in [3.63, 3.8) is 0 Å². The Hall–Kier alpha value is -4.25. The van der Waals surface area contributed by atoms with Crippen molar-refractivity contribution in [2.75, 3.05) is 6.61 Å². The van der Waals surface area contributed by atoms with E-state index in [0.717, 1.165) is 27.1 Å². The Morgan fingerprint density at radius 2 is 1.00 bits per heavy atom. The monoisotopic (exact) mass is 716 g/mol. The van der Waals surface area contributed by atoms with E-state index in [-0.39, 0.29) is 31.5 Å². The van der Waals surface area contributed by atoms with E-state index < -0.39 is 38.5 Å². The summed E-state index contributed by atoms with van der Waals surface area (Å²) in [4.78, 5) is 13.0. The van der Waals surface area contributed by atoms with Gasteiger partial charge in [-0.05, 0) is 32.1 Å². The number of hydrogen-bond donors (Lipinski definition) is 1. The quantitative estimate of drug-likeness (QED) is 0.0966. The molecule has 5 atom stereocenters. The molecule has 0 spiro atoms. The molecule has 1 heterocycles. The fraction of sp³-hybridized carbons (Fsp3) is 0.295. The summed E-state index contributed by atoms with van der Waals surface area (Å²) >= 11 is 0. The Morgan fingerprint density at radius 3 is 1.40 bits per heavy atom. The molecule has 1 N–H and O–H groups in total. The predicted molar refractivity (Wildman–Crippen MR) is 205 cm³/mol.